The average Bonchev–Trinajstić information content (AvgIpc) is 2.40. The summed E-state index contributed by atoms with van der Waals surface area (Å²) in [6.45, 7) is 8.90. The summed E-state index contributed by atoms with van der Waals surface area (Å²) < 4.78 is 0. The molecular formula is C18H31ClN2O. The third kappa shape index (κ3) is 7.81. The topological polar surface area (TPSA) is 55.1 Å². The Morgan fingerprint density at radius 1 is 1.27 bits per heavy atom. The highest BCUT2D eigenvalue weighted by atomic mass is 35.5. The third-order valence-corrected chi connectivity index (χ3v) is 3.74. The van der Waals surface area contributed by atoms with E-state index in [-0.39, 0.29) is 23.9 Å². The Morgan fingerprint density at radius 3 is 2.36 bits per heavy atom. The van der Waals surface area contributed by atoms with Crippen LogP contribution < -0.4 is 11.1 Å². The molecular weight excluding hydrogens is 296 g/mol. The van der Waals surface area contributed by atoms with Crippen molar-refractivity contribution in [1.82, 2.24) is 5.32 Å². The molecule has 4 heteroatoms. The zero-order chi connectivity index (χ0) is 15.9. The molecule has 1 amide bonds. The number of carbonyl (C=O) groups is 1. The first-order valence-corrected chi connectivity index (χ1v) is 7.91. The molecule has 3 nitrogen and oxygen atoms in total. The molecule has 0 radical (unpaired) electrons. The molecule has 0 aliphatic heterocycles. The van der Waals surface area contributed by atoms with Crippen LogP contribution in [-0.4, -0.2) is 18.0 Å². The fourth-order valence-electron chi connectivity index (χ4n) is 2.69. The minimum Gasteiger partial charge on any atom is -0.350 e. The molecule has 0 aliphatic rings. The van der Waals surface area contributed by atoms with Crippen LogP contribution in [0.25, 0.3) is 0 Å². The standard InChI is InChI=1S/C18H30N2O.ClH/c1-14(2)12-18(4,13-19)20-17(21)7-5-6-16-10-8-15(3)9-11-16;/h8-11,14H,5-7,12-13,19H2,1-4H3,(H,20,21);1H. The van der Waals surface area contributed by atoms with E-state index in [0.717, 1.165) is 19.3 Å². The number of rotatable bonds is 8. The molecule has 126 valence electrons. The summed E-state index contributed by atoms with van der Waals surface area (Å²) in [5, 5.41) is 3.11. The third-order valence-electron chi connectivity index (χ3n) is 3.74. The second-order valence-corrected chi connectivity index (χ2v) is 6.75. The number of nitrogens with one attached hydrogen (secondary N) is 1. The van der Waals surface area contributed by atoms with Crippen LogP contribution in [0, 0.1) is 12.8 Å². The van der Waals surface area contributed by atoms with Gasteiger partial charge in [-0.25, -0.2) is 0 Å². The first kappa shape index (κ1) is 20.9. The van der Waals surface area contributed by atoms with Crippen LogP contribution >= 0.6 is 12.4 Å². The summed E-state index contributed by atoms with van der Waals surface area (Å²) in [4.78, 5) is 12.1. The van der Waals surface area contributed by atoms with Gasteiger partial charge in [0.25, 0.3) is 0 Å². The largest absolute Gasteiger partial charge is 0.350 e. The van der Waals surface area contributed by atoms with Gasteiger partial charge < -0.3 is 11.1 Å². The molecule has 1 atom stereocenters. The van der Waals surface area contributed by atoms with E-state index in [4.69, 9.17) is 5.73 Å². The SMILES string of the molecule is Cc1ccc(CCCC(=O)NC(C)(CN)CC(C)C)cc1.Cl. The summed E-state index contributed by atoms with van der Waals surface area (Å²) >= 11 is 0. The number of nitrogens with two attached hydrogens (primary N) is 1. The summed E-state index contributed by atoms with van der Waals surface area (Å²) in [7, 11) is 0. The highest BCUT2D eigenvalue weighted by Gasteiger charge is 2.25. The lowest BCUT2D eigenvalue weighted by Gasteiger charge is -2.31. The second-order valence-electron chi connectivity index (χ2n) is 6.75. The molecule has 1 aromatic carbocycles. The van der Waals surface area contributed by atoms with Crippen molar-refractivity contribution in [2.45, 2.75) is 58.9 Å². The van der Waals surface area contributed by atoms with Gasteiger partial charge >= 0.3 is 0 Å². The Bertz CT molecular complexity index is 445. The van der Waals surface area contributed by atoms with Gasteiger partial charge in [-0.1, -0.05) is 43.7 Å². The van der Waals surface area contributed by atoms with E-state index in [1.165, 1.54) is 11.1 Å². The van der Waals surface area contributed by atoms with Crippen molar-refractivity contribution in [3.8, 4) is 0 Å². The van der Waals surface area contributed by atoms with Crippen molar-refractivity contribution in [1.29, 1.82) is 0 Å². The van der Waals surface area contributed by atoms with Crippen LogP contribution in [0.1, 0.15) is 51.2 Å². The fourth-order valence-corrected chi connectivity index (χ4v) is 2.69. The van der Waals surface area contributed by atoms with E-state index in [1.807, 2.05) is 6.92 Å². The van der Waals surface area contributed by atoms with Crippen LogP contribution in [0.4, 0.5) is 0 Å². The van der Waals surface area contributed by atoms with Crippen molar-refractivity contribution in [3.05, 3.63) is 35.4 Å². The lowest BCUT2D eigenvalue weighted by Crippen LogP contribution is -2.52. The first-order chi connectivity index (χ1) is 9.84. The molecule has 0 aromatic heterocycles. The Labute approximate surface area is 141 Å². The molecule has 3 N–H and O–H groups in total. The molecule has 0 fully saturated rings. The molecule has 0 aliphatic carbocycles. The number of aryl methyl sites for hydroxylation is 2. The number of benzene rings is 1. The van der Waals surface area contributed by atoms with Crippen LogP contribution in [0.5, 0.6) is 0 Å². The Morgan fingerprint density at radius 2 is 1.86 bits per heavy atom. The summed E-state index contributed by atoms with van der Waals surface area (Å²) in [5.41, 5.74) is 8.10. The van der Waals surface area contributed by atoms with Crippen molar-refractivity contribution < 1.29 is 4.79 Å². The van der Waals surface area contributed by atoms with Crippen LogP contribution in [-0.2, 0) is 11.2 Å². The number of hydrogen-bond donors (Lipinski definition) is 2. The maximum absolute atomic E-state index is 12.1. The molecule has 0 saturated carbocycles. The van der Waals surface area contributed by atoms with E-state index in [0.29, 0.717) is 18.9 Å². The molecule has 0 spiro atoms. The molecule has 22 heavy (non-hydrogen) atoms. The predicted molar refractivity (Wildman–Crippen MR) is 96.4 cm³/mol. The Kier molecular flexibility index (Phi) is 9.38. The molecule has 1 rings (SSSR count). The fraction of sp³-hybridized carbons (Fsp3) is 0.611. The van der Waals surface area contributed by atoms with E-state index in [1.54, 1.807) is 0 Å². The van der Waals surface area contributed by atoms with E-state index in [9.17, 15) is 4.79 Å². The van der Waals surface area contributed by atoms with Gasteiger partial charge in [0.2, 0.25) is 5.91 Å². The first-order valence-electron chi connectivity index (χ1n) is 7.91. The quantitative estimate of drug-likeness (QED) is 0.766. The molecule has 0 heterocycles. The summed E-state index contributed by atoms with van der Waals surface area (Å²) in [6, 6.07) is 8.50. The van der Waals surface area contributed by atoms with Crippen LogP contribution in [0.3, 0.4) is 0 Å². The van der Waals surface area contributed by atoms with Crippen LogP contribution in [0.2, 0.25) is 0 Å². The number of halogens is 1. The zero-order valence-electron chi connectivity index (χ0n) is 14.3. The highest BCUT2D eigenvalue weighted by Crippen LogP contribution is 2.16. The highest BCUT2D eigenvalue weighted by molar-refractivity contribution is 5.85. The maximum atomic E-state index is 12.1. The Hall–Kier alpha value is -1.06. The lowest BCUT2D eigenvalue weighted by atomic mass is 9.90. The van der Waals surface area contributed by atoms with Gasteiger partial charge in [-0.2, -0.15) is 0 Å². The van der Waals surface area contributed by atoms with Gasteiger partial charge in [0.15, 0.2) is 0 Å². The van der Waals surface area contributed by atoms with E-state index >= 15 is 0 Å². The zero-order valence-corrected chi connectivity index (χ0v) is 15.1. The number of amides is 1. The monoisotopic (exact) mass is 326 g/mol. The van der Waals surface area contributed by atoms with Crippen molar-refractivity contribution in [2.24, 2.45) is 11.7 Å². The van der Waals surface area contributed by atoms with Gasteiger partial charge in [-0.15, -0.1) is 12.4 Å². The van der Waals surface area contributed by atoms with Crippen molar-refractivity contribution in [2.75, 3.05) is 6.54 Å². The number of hydrogen-bond acceptors (Lipinski definition) is 2. The van der Waals surface area contributed by atoms with E-state index in [2.05, 4.69) is 50.4 Å². The van der Waals surface area contributed by atoms with Gasteiger partial charge in [0.05, 0.1) is 0 Å². The van der Waals surface area contributed by atoms with Crippen molar-refractivity contribution >= 4 is 18.3 Å². The summed E-state index contributed by atoms with van der Waals surface area (Å²) in [6.07, 6.45) is 3.28. The normalized spacial score (nSPS) is 13.4. The van der Waals surface area contributed by atoms with Gasteiger partial charge in [-0.05, 0) is 44.6 Å². The minimum absolute atomic E-state index is 0. The van der Waals surface area contributed by atoms with Gasteiger partial charge in [0, 0.05) is 18.5 Å². The molecule has 0 bridgehead atoms. The smallest absolute Gasteiger partial charge is 0.220 e. The lowest BCUT2D eigenvalue weighted by molar-refractivity contribution is -0.123. The second kappa shape index (κ2) is 9.86. The van der Waals surface area contributed by atoms with Crippen molar-refractivity contribution in [3.63, 3.8) is 0 Å². The molecule has 1 unspecified atom stereocenters. The molecule has 1 aromatic rings. The average molecular weight is 327 g/mol. The Balaban J connectivity index is 0.00000441. The molecule has 0 saturated heterocycles. The van der Waals surface area contributed by atoms with Gasteiger partial charge in [-0.3, -0.25) is 4.79 Å². The van der Waals surface area contributed by atoms with Gasteiger partial charge in [0.1, 0.15) is 0 Å². The van der Waals surface area contributed by atoms with E-state index < -0.39 is 0 Å². The predicted octanol–water partition coefficient (Wildman–Crippen LogP) is 3.62. The number of carbonyl (C=O) groups excluding carboxylic acids is 1. The summed E-state index contributed by atoms with van der Waals surface area (Å²) in [5.74, 6) is 0.627. The van der Waals surface area contributed by atoms with Crippen LogP contribution in [0.15, 0.2) is 24.3 Å². The minimum atomic E-state index is -0.283. The maximum Gasteiger partial charge on any atom is 0.220 e.